The quantitative estimate of drug-likeness (QED) is 0.837. The molecule has 130 valence electrons. The van der Waals surface area contributed by atoms with E-state index in [0.717, 1.165) is 11.1 Å². The zero-order chi connectivity index (χ0) is 17.8. The molecule has 0 saturated carbocycles. The summed E-state index contributed by atoms with van der Waals surface area (Å²) in [6.45, 7) is 6.12. The molecule has 0 spiro atoms. The van der Waals surface area contributed by atoms with Crippen molar-refractivity contribution >= 4 is 23.5 Å². The summed E-state index contributed by atoms with van der Waals surface area (Å²) in [6.07, 6.45) is 3.38. The molecule has 2 heterocycles. The van der Waals surface area contributed by atoms with Gasteiger partial charge in [0, 0.05) is 44.3 Å². The Hall–Kier alpha value is -2.96. The Labute approximate surface area is 146 Å². The molecule has 0 aliphatic carbocycles. The lowest BCUT2D eigenvalue weighted by atomic mass is 10.1. The minimum absolute atomic E-state index is 0.470. The van der Waals surface area contributed by atoms with Crippen LogP contribution < -0.4 is 10.2 Å². The van der Waals surface area contributed by atoms with Crippen molar-refractivity contribution in [3.8, 4) is 0 Å². The first kappa shape index (κ1) is 16.9. The maximum absolute atomic E-state index is 12.4. The Bertz CT molecular complexity index is 770. The molecule has 1 fully saturated rings. The number of rotatable bonds is 2. The maximum Gasteiger partial charge on any atom is 0.313 e. The van der Waals surface area contributed by atoms with Gasteiger partial charge in [0.15, 0.2) is 0 Å². The van der Waals surface area contributed by atoms with E-state index < -0.39 is 11.8 Å². The van der Waals surface area contributed by atoms with Crippen LogP contribution in [-0.2, 0) is 9.59 Å². The fourth-order valence-corrected chi connectivity index (χ4v) is 2.71. The maximum atomic E-state index is 12.4. The predicted octanol–water partition coefficient (Wildman–Crippen LogP) is 1.38. The van der Waals surface area contributed by atoms with Gasteiger partial charge in [0.1, 0.15) is 0 Å². The fraction of sp³-hybridized carbons (Fsp3) is 0.333. The van der Waals surface area contributed by atoms with Crippen LogP contribution in [0.4, 0.5) is 11.6 Å². The molecule has 7 nitrogen and oxygen atoms in total. The van der Waals surface area contributed by atoms with E-state index in [1.54, 1.807) is 29.4 Å². The lowest BCUT2D eigenvalue weighted by Crippen LogP contribution is -2.52. The van der Waals surface area contributed by atoms with E-state index in [1.165, 1.54) is 0 Å². The van der Waals surface area contributed by atoms with Crippen molar-refractivity contribution in [2.24, 2.45) is 0 Å². The van der Waals surface area contributed by atoms with Crippen LogP contribution in [0.2, 0.25) is 0 Å². The summed E-state index contributed by atoms with van der Waals surface area (Å²) in [5.41, 5.74) is 2.85. The lowest BCUT2D eigenvalue weighted by molar-refractivity contribution is -0.143. The van der Waals surface area contributed by atoms with Gasteiger partial charge >= 0.3 is 11.8 Å². The number of amides is 2. The van der Waals surface area contributed by atoms with Crippen LogP contribution in [0, 0.1) is 13.8 Å². The second-order valence-corrected chi connectivity index (χ2v) is 6.08. The average molecular weight is 339 g/mol. The Morgan fingerprint density at radius 2 is 1.68 bits per heavy atom. The van der Waals surface area contributed by atoms with Crippen molar-refractivity contribution in [2.75, 3.05) is 36.4 Å². The summed E-state index contributed by atoms with van der Waals surface area (Å²) in [6, 6.07) is 7.36. The van der Waals surface area contributed by atoms with Crippen molar-refractivity contribution < 1.29 is 9.59 Å². The van der Waals surface area contributed by atoms with Gasteiger partial charge in [-0.15, -0.1) is 0 Å². The van der Waals surface area contributed by atoms with Crippen molar-refractivity contribution in [1.82, 2.24) is 14.9 Å². The molecular weight excluding hydrogens is 318 g/mol. The van der Waals surface area contributed by atoms with Crippen LogP contribution in [0.3, 0.4) is 0 Å². The molecule has 2 aromatic rings. The van der Waals surface area contributed by atoms with Crippen molar-refractivity contribution in [1.29, 1.82) is 0 Å². The van der Waals surface area contributed by atoms with E-state index in [-0.39, 0.29) is 0 Å². The first-order chi connectivity index (χ1) is 12.0. The number of carbonyl (C=O) groups excluding carboxylic acids is 2. The topological polar surface area (TPSA) is 78.4 Å². The molecule has 1 aromatic heterocycles. The Balaban J connectivity index is 1.56. The van der Waals surface area contributed by atoms with Crippen LogP contribution in [0.25, 0.3) is 0 Å². The molecule has 7 heteroatoms. The zero-order valence-corrected chi connectivity index (χ0v) is 14.4. The summed E-state index contributed by atoms with van der Waals surface area (Å²) >= 11 is 0. The molecule has 1 saturated heterocycles. The summed E-state index contributed by atoms with van der Waals surface area (Å²) in [5.74, 6) is -0.464. The molecule has 1 N–H and O–H groups in total. The lowest BCUT2D eigenvalue weighted by Gasteiger charge is -2.34. The number of piperazine rings is 1. The van der Waals surface area contributed by atoms with Gasteiger partial charge in [0.05, 0.1) is 0 Å². The molecule has 0 radical (unpaired) electrons. The third-order valence-electron chi connectivity index (χ3n) is 4.36. The molecule has 2 amide bonds. The van der Waals surface area contributed by atoms with Gasteiger partial charge in [-0.05, 0) is 43.2 Å². The smallest absolute Gasteiger partial charge is 0.313 e. The van der Waals surface area contributed by atoms with E-state index in [9.17, 15) is 9.59 Å². The highest BCUT2D eigenvalue weighted by Crippen LogP contribution is 2.15. The molecule has 25 heavy (non-hydrogen) atoms. The number of benzene rings is 1. The largest absolute Gasteiger partial charge is 0.337 e. The third kappa shape index (κ3) is 3.93. The standard InChI is InChI=1S/C18H21N5O2/c1-13-4-5-15(12-14(13)2)21-16(24)17(25)22-8-10-23(11-9-22)18-19-6-3-7-20-18/h3-7,12H,8-11H2,1-2H3,(H,21,24). The summed E-state index contributed by atoms with van der Waals surface area (Å²) in [4.78, 5) is 36.6. The number of hydrogen-bond donors (Lipinski definition) is 1. The number of aryl methyl sites for hydroxylation is 2. The minimum atomic E-state index is -0.604. The Morgan fingerprint density at radius 3 is 2.32 bits per heavy atom. The van der Waals surface area contributed by atoms with Gasteiger partial charge in [-0.1, -0.05) is 6.07 Å². The average Bonchev–Trinajstić information content (AvgIpc) is 2.65. The van der Waals surface area contributed by atoms with Crippen molar-refractivity contribution in [2.45, 2.75) is 13.8 Å². The van der Waals surface area contributed by atoms with Gasteiger partial charge in [-0.2, -0.15) is 0 Å². The van der Waals surface area contributed by atoms with Gasteiger partial charge in [-0.25, -0.2) is 9.97 Å². The van der Waals surface area contributed by atoms with Gasteiger partial charge in [0.25, 0.3) is 0 Å². The van der Waals surface area contributed by atoms with Gasteiger partial charge in [-0.3, -0.25) is 9.59 Å². The van der Waals surface area contributed by atoms with E-state index in [1.807, 2.05) is 30.9 Å². The first-order valence-corrected chi connectivity index (χ1v) is 8.24. The zero-order valence-electron chi connectivity index (χ0n) is 14.4. The van der Waals surface area contributed by atoms with E-state index in [2.05, 4.69) is 15.3 Å². The molecule has 0 unspecified atom stereocenters. The summed E-state index contributed by atoms with van der Waals surface area (Å²) in [7, 11) is 0. The molecule has 1 aromatic carbocycles. The van der Waals surface area contributed by atoms with Crippen LogP contribution in [0.1, 0.15) is 11.1 Å². The number of hydrogen-bond acceptors (Lipinski definition) is 5. The Morgan fingerprint density at radius 1 is 1.00 bits per heavy atom. The fourth-order valence-electron chi connectivity index (χ4n) is 2.71. The van der Waals surface area contributed by atoms with Gasteiger partial charge < -0.3 is 15.1 Å². The Kier molecular flexibility index (Phi) is 4.92. The molecule has 1 aliphatic heterocycles. The molecule has 0 bridgehead atoms. The minimum Gasteiger partial charge on any atom is -0.337 e. The number of carbonyl (C=O) groups is 2. The van der Waals surface area contributed by atoms with Crippen LogP contribution >= 0.6 is 0 Å². The van der Waals surface area contributed by atoms with Crippen LogP contribution in [-0.4, -0.2) is 52.9 Å². The SMILES string of the molecule is Cc1ccc(NC(=O)C(=O)N2CCN(c3ncccn3)CC2)cc1C. The molecule has 0 atom stereocenters. The molecule has 1 aliphatic rings. The highest BCUT2D eigenvalue weighted by molar-refractivity contribution is 6.39. The summed E-state index contributed by atoms with van der Waals surface area (Å²) < 4.78 is 0. The molecular formula is C18H21N5O2. The number of nitrogens with one attached hydrogen (secondary N) is 1. The van der Waals surface area contributed by atoms with E-state index in [4.69, 9.17) is 0 Å². The first-order valence-electron chi connectivity index (χ1n) is 8.24. The normalized spacial score (nSPS) is 14.3. The van der Waals surface area contributed by atoms with Crippen molar-refractivity contribution in [3.05, 3.63) is 47.8 Å². The predicted molar refractivity (Wildman–Crippen MR) is 95.4 cm³/mol. The van der Waals surface area contributed by atoms with Crippen LogP contribution in [0.5, 0.6) is 0 Å². The number of aromatic nitrogens is 2. The molecule has 3 rings (SSSR count). The van der Waals surface area contributed by atoms with E-state index in [0.29, 0.717) is 37.8 Å². The van der Waals surface area contributed by atoms with Crippen molar-refractivity contribution in [3.63, 3.8) is 0 Å². The second-order valence-electron chi connectivity index (χ2n) is 6.08. The number of anilines is 2. The highest BCUT2D eigenvalue weighted by Gasteiger charge is 2.26. The van der Waals surface area contributed by atoms with Crippen LogP contribution in [0.15, 0.2) is 36.7 Å². The van der Waals surface area contributed by atoms with E-state index >= 15 is 0 Å². The third-order valence-corrected chi connectivity index (χ3v) is 4.36. The second kappa shape index (κ2) is 7.29. The van der Waals surface area contributed by atoms with Gasteiger partial charge in [0.2, 0.25) is 5.95 Å². The monoisotopic (exact) mass is 339 g/mol. The number of nitrogens with zero attached hydrogens (tertiary/aromatic N) is 4. The summed E-state index contributed by atoms with van der Waals surface area (Å²) in [5, 5.41) is 2.68. The highest BCUT2D eigenvalue weighted by atomic mass is 16.2.